The van der Waals surface area contributed by atoms with Gasteiger partial charge in [-0.25, -0.2) is 9.59 Å². The summed E-state index contributed by atoms with van der Waals surface area (Å²) in [5.74, 6) is 0.653. The fourth-order valence-electron chi connectivity index (χ4n) is 3.73. The van der Waals surface area contributed by atoms with E-state index in [1.165, 1.54) is 6.08 Å². The lowest BCUT2D eigenvalue weighted by molar-refractivity contribution is -0.139. The van der Waals surface area contributed by atoms with Crippen LogP contribution >= 0.6 is 11.8 Å². The molecule has 36 heavy (non-hydrogen) atoms. The monoisotopic (exact) mass is 504 g/mol. The zero-order chi connectivity index (χ0) is 25.7. The number of hydrogen-bond donors (Lipinski definition) is 1. The van der Waals surface area contributed by atoms with Crippen LogP contribution in [0.1, 0.15) is 19.4 Å². The largest absolute Gasteiger partial charge is 0.493 e. The molecule has 0 aromatic heterocycles. The predicted molar refractivity (Wildman–Crippen MR) is 141 cm³/mol. The normalized spacial score (nSPS) is 12.5. The maximum absolute atomic E-state index is 13.4. The van der Waals surface area contributed by atoms with E-state index in [9.17, 15) is 9.59 Å². The topological polar surface area (TPSA) is 77.1 Å². The van der Waals surface area contributed by atoms with Crippen LogP contribution in [0.4, 0.5) is 16.2 Å². The van der Waals surface area contributed by atoms with Crippen LogP contribution < -0.4 is 19.7 Å². The molecule has 3 aromatic carbocycles. The second kappa shape index (κ2) is 10.8. The molecule has 1 heterocycles. The summed E-state index contributed by atoms with van der Waals surface area (Å²) < 4.78 is 16.0. The van der Waals surface area contributed by atoms with E-state index in [0.717, 1.165) is 26.7 Å². The van der Waals surface area contributed by atoms with Gasteiger partial charge in [-0.15, -0.1) is 0 Å². The summed E-state index contributed by atoms with van der Waals surface area (Å²) in [6, 6.07) is 20.6. The maximum atomic E-state index is 13.4. The molecule has 0 fully saturated rings. The van der Waals surface area contributed by atoms with Crippen molar-refractivity contribution in [3.63, 3.8) is 0 Å². The van der Waals surface area contributed by atoms with E-state index in [0.29, 0.717) is 11.5 Å². The molecule has 0 unspecified atom stereocenters. The lowest BCUT2D eigenvalue weighted by Gasteiger charge is -2.34. The fraction of sp³-hybridized carbons (Fsp3) is 0.214. The summed E-state index contributed by atoms with van der Waals surface area (Å²) in [4.78, 5) is 29.5. The molecular formula is C28H28N2O5S. The average molecular weight is 505 g/mol. The van der Waals surface area contributed by atoms with Crippen molar-refractivity contribution in [2.24, 2.45) is 0 Å². The van der Waals surface area contributed by atoms with Crippen LogP contribution in [0.2, 0.25) is 0 Å². The highest BCUT2D eigenvalue weighted by Gasteiger charge is 2.31. The van der Waals surface area contributed by atoms with Gasteiger partial charge in [0.1, 0.15) is 6.61 Å². The van der Waals surface area contributed by atoms with Gasteiger partial charge in [-0.2, -0.15) is 0 Å². The fourth-order valence-corrected chi connectivity index (χ4v) is 4.78. The number of hydrogen-bond acceptors (Lipinski definition) is 6. The van der Waals surface area contributed by atoms with Crippen LogP contribution in [0.15, 0.2) is 82.6 Å². The number of carbonyl (C=O) groups is 2. The number of urea groups is 1. The first kappa shape index (κ1) is 25.2. The Morgan fingerprint density at radius 2 is 1.53 bits per heavy atom. The van der Waals surface area contributed by atoms with Crippen LogP contribution in [0, 0.1) is 0 Å². The zero-order valence-corrected chi connectivity index (χ0v) is 21.4. The highest BCUT2D eigenvalue weighted by Crippen LogP contribution is 2.47. The molecule has 0 atom stereocenters. The van der Waals surface area contributed by atoms with Crippen LogP contribution in [-0.2, 0) is 9.53 Å². The Labute approximate surface area is 215 Å². The molecule has 0 saturated carbocycles. The zero-order valence-electron chi connectivity index (χ0n) is 20.6. The number of ether oxygens (including phenoxy) is 3. The van der Waals surface area contributed by atoms with Gasteiger partial charge in [0.2, 0.25) is 0 Å². The molecule has 0 bridgehead atoms. The van der Waals surface area contributed by atoms with Crippen molar-refractivity contribution < 1.29 is 23.8 Å². The number of methoxy groups -OCH3 is 2. The first-order chi connectivity index (χ1) is 17.3. The van der Waals surface area contributed by atoms with Gasteiger partial charge in [-0.1, -0.05) is 42.1 Å². The van der Waals surface area contributed by atoms with Gasteiger partial charge < -0.3 is 19.5 Å². The smallest absolute Gasteiger partial charge is 0.330 e. The lowest BCUT2D eigenvalue weighted by atomic mass is 10.1. The summed E-state index contributed by atoms with van der Waals surface area (Å²) in [5, 5.41) is 3.01. The molecule has 4 rings (SSSR count). The third kappa shape index (κ3) is 5.66. The van der Waals surface area contributed by atoms with Crippen LogP contribution in [0.3, 0.4) is 0 Å². The minimum Gasteiger partial charge on any atom is -0.493 e. The van der Waals surface area contributed by atoms with E-state index < -0.39 is 11.5 Å². The minimum atomic E-state index is -0.807. The summed E-state index contributed by atoms with van der Waals surface area (Å²) in [5.41, 5.74) is 1.57. The molecule has 3 aromatic rings. The second-order valence-electron chi connectivity index (χ2n) is 8.74. The van der Waals surface area contributed by atoms with Crippen LogP contribution in [0.5, 0.6) is 11.5 Å². The molecule has 0 aliphatic carbocycles. The molecule has 0 spiro atoms. The van der Waals surface area contributed by atoms with E-state index in [1.54, 1.807) is 49.1 Å². The SMILES string of the molecule is COc1ccc(/C=C/C(=O)OCC(C)(C)NC(=O)N2c3ccccc3Sc3ccccc32)cc1OC. The molecule has 7 nitrogen and oxygen atoms in total. The highest BCUT2D eigenvalue weighted by atomic mass is 32.2. The summed E-state index contributed by atoms with van der Waals surface area (Å²) in [7, 11) is 3.11. The van der Waals surface area contributed by atoms with E-state index >= 15 is 0 Å². The first-order valence-corrected chi connectivity index (χ1v) is 12.2. The lowest BCUT2D eigenvalue weighted by Crippen LogP contribution is -2.52. The molecule has 1 aliphatic heterocycles. The van der Waals surface area contributed by atoms with Crippen molar-refractivity contribution in [1.29, 1.82) is 0 Å². The van der Waals surface area contributed by atoms with E-state index in [4.69, 9.17) is 14.2 Å². The Morgan fingerprint density at radius 3 is 2.14 bits per heavy atom. The Bertz CT molecular complexity index is 1260. The number of fused-ring (bicyclic) bond motifs is 2. The van der Waals surface area contributed by atoms with Crippen molar-refractivity contribution >= 4 is 41.2 Å². The van der Waals surface area contributed by atoms with Gasteiger partial charge in [-0.3, -0.25) is 4.90 Å². The number of rotatable bonds is 7. The molecular weight excluding hydrogens is 476 g/mol. The van der Waals surface area contributed by atoms with Crippen molar-refractivity contribution in [2.75, 3.05) is 25.7 Å². The van der Waals surface area contributed by atoms with Gasteiger partial charge in [0.15, 0.2) is 11.5 Å². The van der Waals surface area contributed by atoms with Gasteiger partial charge in [0, 0.05) is 15.9 Å². The quantitative estimate of drug-likeness (QED) is 0.312. The molecule has 1 aliphatic rings. The number of anilines is 2. The Balaban J connectivity index is 1.41. The van der Waals surface area contributed by atoms with Crippen molar-refractivity contribution in [3.8, 4) is 11.5 Å². The van der Waals surface area contributed by atoms with Crippen LogP contribution in [-0.4, -0.2) is 38.4 Å². The maximum Gasteiger partial charge on any atom is 0.330 e. The summed E-state index contributed by atoms with van der Waals surface area (Å²) in [6.45, 7) is 3.62. The Kier molecular flexibility index (Phi) is 7.55. The number of esters is 1. The van der Waals surface area contributed by atoms with Crippen LogP contribution in [0.25, 0.3) is 6.08 Å². The van der Waals surface area contributed by atoms with Crippen molar-refractivity contribution in [1.82, 2.24) is 5.32 Å². The van der Waals surface area contributed by atoms with Crippen molar-refractivity contribution in [3.05, 3.63) is 78.4 Å². The van der Waals surface area contributed by atoms with E-state index in [-0.39, 0.29) is 12.6 Å². The standard InChI is InChI=1S/C28H28N2O5S/c1-28(2,18-35-26(31)16-14-19-13-15-22(33-3)23(17-19)34-4)29-27(32)30-20-9-5-7-11-24(20)36-25-12-8-6-10-21(25)30/h5-17H,18H2,1-4H3,(H,29,32)/b16-14+. The van der Waals surface area contributed by atoms with Gasteiger partial charge in [-0.05, 0) is 61.9 Å². The number of benzene rings is 3. The molecule has 186 valence electrons. The van der Waals surface area contributed by atoms with E-state index in [1.807, 2.05) is 68.4 Å². The molecule has 1 N–H and O–H groups in total. The molecule has 0 radical (unpaired) electrons. The second-order valence-corrected chi connectivity index (χ2v) is 9.83. The van der Waals surface area contributed by atoms with Gasteiger partial charge in [0.05, 0.1) is 31.1 Å². The summed E-state index contributed by atoms with van der Waals surface area (Å²) >= 11 is 1.63. The molecule has 0 saturated heterocycles. The number of nitrogens with zero attached hydrogens (tertiary/aromatic N) is 1. The number of carbonyl (C=O) groups excluding carboxylic acids is 2. The number of amides is 2. The number of nitrogens with one attached hydrogen (secondary N) is 1. The summed E-state index contributed by atoms with van der Waals surface area (Å²) in [6.07, 6.45) is 2.97. The first-order valence-electron chi connectivity index (χ1n) is 11.4. The van der Waals surface area contributed by atoms with Crippen molar-refractivity contribution in [2.45, 2.75) is 29.2 Å². The van der Waals surface area contributed by atoms with E-state index in [2.05, 4.69) is 5.32 Å². The highest BCUT2D eigenvalue weighted by molar-refractivity contribution is 7.99. The third-order valence-electron chi connectivity index (χ3n) is 5.48. The Morgan fingerprint density at radius 1 is 0.917 bits per heavy atom. The Hall–Kier alpha value is -3.91. The van der Waals surface area contributed by atoms with Gasteiger partial charge in [0.25, 0.3) is 0 Å². The predicted octanol–water partition coefficient (Wildman–Crippen LogP) is 6.05. The van der Waals surface area contributed by atoms with Gasteiger partial charge >= 0.3 is 12.0 Å². The third-order valence-corrected chi connectivity index (χ3v) is 6.61. The molecule has 8 heteroatoms. The number of para-hydroxylation sites is 2. The average Bonchev–Trinajstić information content (AvgIpc) is 2.88. The molecule has 2 amide bonds. The minimum absolute atomic E-state index is 0.000267.